The number of benzene rings is 1. The minimum atomic E-state index is -0.949. The number of hydrogen-bond acceptors (Lipinski definition) is 4. The van der Waals surface area contributed by atoms with E-state index in [0.29, 0.717) is 5.82 Å². The largest absolute Gasteiger partial charge is 0.478 e. The highest BCUT2D eigenvalue weighted by Gasteiger charge is 2.16. The molecule has 106 valence electrons. The Morgan fingerprint density at radius 1 is 1.20 bits per heavy atom. The van der Waals surface area contributed by atoms with Gasteiger partial charge in [-0.15, -0.1) is 0 Å². The van der Waals surface area contributed by atoms with Crippen molar-refractivity contribution in [2.24, 2.45) is 0 Å². The first-order valence-electron chi connectivity index (χ1n) is 6.48. The zero-order valence-corrected chi connectivity index (χ0v) is 12.0. The number of para-hydroxylation sites is 1. The number of pyridine rings is 1. The monoisotopic (exact) mass is 273 g/mol. The van der Waals surface area contributed by atoms with Crippen LogP contribution in [0.1, 0.15) is 10.4 Å². The predicted octanol–water partition coefficient (Wildman–Crippen LogP) is 1.93. The fourth-order valence-corrected chi connectivity index (χ4v) is 2.01. The van der Waals surface area contributed by atoms with E-state index in [1.807, 2.05) is 50.3 Å². The summed E-state index contributed by atoms with van der Waals surface area (Å²) in [6.07, 6.45) is 0. The second-order valence-corrected chi connectivity index (χ2v) is 5.08. The lowest BCUT2D eigenvalue weighted by Crippen LogP contribution is -2.30. The van der Waals surface area contributed by atoms with E-state index >= 15 is 0 Å². The van der Waals surface area contributed by atoms with E-state index in [1.54, 1.807) is 6.07 Å². The molecule has 1 aromatic carbocycles. The Bertz CT molecular complexity index is 626. The summed E-state index contributed by atoms with van der Waals surface area (Å²) in [5.41, 5.74) is 1.05. The summed E-state index contributed by atoms with van der Waals surface area (Å²) in [6.45, 7) is 1.56. The molecule has 5 nitrogen and oxygen atoms in total. The van der Waals surface area contributed by atoms with Gasteiger partial charge in [-0.25, -0.2) is 9.78 Å². The van der Waals surface area contributed by atoms with Crippen LogP contribution < -0.4 is 4.90 Å². The summed E-state index contributed by atoms with van der Waals surface area (Å²) in [4.78, 5) is 19.9. The molecule has 0 bridgehead atoms. The van der Waals surface area contributed by atoms with Crippen molar-refractivity contribution in [3.63, 3.8) is 0 Å². The average molecular weight is 273 g/mol. The Morgan fingerprint density at radius 2 is 1.90 bits per heavy atom. The van der Waals surface area contributed by atoms with Crippen LogP contribution in [0.3, 0.4) is 0 Å². The van der Waals surface area contributed by atoms with Gasteiger partial charge in [-0.05, 0) is 26.2 Å². The lowest BCUT2D eigenvalue weighted by atomic mass is 10.1. The lowest BCUT2D eigenvalue weighted by molar-refractivity contribution is 0.0697. The number of carboxylic acid groups (broad SMARTS) is 1. The third-order valence-corrected chi connectivity index (χ3v) is 3.18. The van der Waals surface area contributed by atoms with E-state index in [0.717, 1.165) is 24.0 Å². The summed E-state index contributed by atoms with van der Waals surface area (Å²) >= 11 is 0. The summed E-state index contributed by atoms with van der Waals surface area (Å²) in [6, 6.07) is 9.24. The van der Waals surface area contributed by atoms with Gasteiger partial charge in [0.25, 0.3) is 0 Å². The molecule has 2 rings (SSSR count). The van der Waals surface area contributed by atoms with Gasteiger partial charge in [0.15, 0.2) is 0 Å². The maximum atomic E-state index is 11.4. The Hall–Kier alpha value is -2.14. The van der Waals surface area contributed by atoms with Crippen LogP contribution in [0.5, 0.6) is 0 Å². The molecular formula is C15H19N3O2. The molecule has 0 saturated heterocycles. The maximum absolute atomic E-state index is 11.4. The molecule has 0 aliphatic heterocycles. The van der Waals surface area contributed by atoms with Gasteiger partial charge in [-0.2, -0.15) is 0 Å². The molecule has 0 aliphatic carbocycles. The van der Waals surface area contributed by atoms with Crippen molar-refractivity contribution in [2.75, 3.05) is 39.1 Å². The number of rotatable bonds is 5. The molecule has 1 N–H and O–H groups in total. The van der Waals surface area contributed by atoms with Gasteiger partial charge in [0.1, 0.15) is 11.4 Å². The summed E-state index contributed by atoms with van der Waals surface area (Å²) < 4.78 is 0. The molecule has 0 fully saturated rings. The summed E-state index contributed by atoms with van der Waals surface area (Å²) in [7, 11) is 5.84. The Balaban J connectivity index is 2.43. The molecule has 1 aromatic heterocycles. The zero-order chi connectivity index (χ0) is 14.7. The molecule has 5 heteroatoms. The van der Waals surface area contributed by atoms with E-state index in [1.165, 1.54) is 0 Å². The molecule has 0 spiro atoms. The first-order chi connectivity index (χ1) is 9.49. The van der Waals surface area contributed by atoms with Crippen molar-refractivity contribution in [1.82, 2.24) is 9.88 Å². The first kappa shape index (κ1) is 14.3. The highest BCUT2D eigenvalue weighted by Crippen LogP contribution is 2.22. The minimum Gasteiger partial charge on any atom is -0.478 e. The predicted molar refractivity (Wildman–Crippen MR) is 80.5 cm³/mol. The topological polar surface area (TPSA) is 56.7 Å². The van der Waals surface area contributed by atoms with Crippen molar-refractivity contribution < 1.29 is 9.90 Å². The van der Waals surface area contributed by atoms with Crippen LogP contribution in [-0.4, -0.2) is 55.2 Å². The van der Waals surface area contributed by atoms with Crippen molar-refractivity contribution in [2.45, 2.75) is 0 Å². The van der Waals surface area contributed by atoms with Gasteiger partial charge >= 0.3 is 5.97 Å². The first-order valence-corrected chi connectivity index (χ1v) is 6.48. The van der Waals surface area contributed by atoms with Gasteiger partial charge in [-0.3, -0.25) is 0 Å². The van der Waals surface area contributed by atoms with E-state index in [-0.39, 0.29) is 5.56 Å². The van der Waals surface area contributed by atoms with Crippen LogP contribution in [0, 0.1) is 0 Å². The van der Waals surface area contributed by atoms with Gasteiger partial charge in [0.2, 0.25) is 0 Å². The van der Waals surface area contributed by atoms with Crippen molar-refractivity contribution in [3.05, 3.63) is 35.9 Å². The number of anilines is 1. The Kier molecular flexibility index (Phi) is 4.20. The molecule has 0 aliphatic rings. The normalized spacial score (nSPS) is 11.0. The van der Waals surface area contributed by atoms with Crippen LogP contribution in [-0.2, 0) is 0 Å². The highest BCUT2D eigenvalue weighted by molar-refractivity contribution is 5.98. The number of carboxylic acids is 1. The second kappa shape index (κ2) is 5.88. The fourth-order valence-electron chi connectivity index (χ4n) is 2.01. The van der Waals surface area contributed by atoms with Gasteiger partial charge in [-0.1, -0.05) is 18.2 Å². The van der Waals surface area contributed by atoms with Crippen LogP contribution in [0.4, 0.5) is 5.82 Å². The Morgan fingerprint density at radius 3 is 2.55 bits per heavy atom. The van der Waals surface area contributed by atoms with Crippen LogP contribution in [0.2, 0.25) is 0 Å². The van der Waals surface area contributed by atoms with E-state index in [9.17, 15) is 9.90 Å². The molecule has 0 saturated carbocycles. The number of nitrogens with zero attached hydrogens (tertiary/aromatic N) is 3. The highest BCUT2D eigenvalue weighted by atomic mass is 16.4. The van der Waals surface area contributed by atoms with Crippen molar-refractivity contribution in [1.29, 1.82) is 0 Å². The number of fused-ring (bicyclic) bond motifs is 1. The third kappa shape index (κ3) is 3.05. The quantitative estimate of drug-likeness (QED) is 0.902. The smallest absolute Gasteiger partial charge is 0.339 e. The van der Waals surface area contributed by atoms with Gasteiger partial charge in [0.05, 0.1) is 5.52 Å². The standard InChI is InChI=1S/C15H19N3O2/c1-17(2)8-9-18(3)14-12(15(19)20)10-11-6-4-5-7-13(11)16-14/h4-7,10H,8-9H2,1-3H3,(H,19,20). The summed E-state index contributed by atoms with van der Waals surface area (Å²) in [5.74, 6) is -0.437. The zero-order valence-electron chi connectivity index (χ0n) is 12.0. The summed E-state index contributed by atoms with van der Waals surface area (Å²) in [5, 5.41) is 10.2. The molecule has 1 heterocycles. The molecule has 0 radical (unpaired) electrons. The lowest BCUT2D eigenvalue weighted by Gasteiger charge is -2.22. The SMILES string of the molecule is CN(C)CCN(C)c1nc2ccccc2cc1C(=O)O. The fraction of sp³-hybridized carbons (Fsp3) is 0.333. The number of likely N-dealkylation sites (N-methyl/N-ethyl adjacent to an activating group) is 2. The molecular weight excluding hydrogens is 254 g/mol. The molecule has 0 atom stereocenters. The average Bonchev–Trinajstić information content (AvgIpc) is 2.43. The van der Waals surface area contributed by atoms with Gasteiger partial charge in [0, 0.05) is 25.5 Å². The molecule has 0 unspecified atom stereocenters. The Labute approximate surface area is 118 Å². The number of aromatic nitrogens is 1. The maximum Gasteiger partial charge on any atom is 0.339 e. The van der Waals surface area contributed by atoms with E-state index < -0.39 is 5.97 Å². The van der Waals surface area contributed by atoms with Crippen molar-refractivity contribution >= 4 is 22.7 Å². The van der Waals surface area contributed by atoms with Crippen LogP contribution >= 0.6 is 0 Å². The van der Waals surface area contributed by atoms with Crippen LogP contribution in [0.15, 0.2) is 30.3 Å². The van der Waals surface area contributed by atoms with E-state index in [4.69, 9.17) is 0 Å². The number of carbonyl (C=O) groups is 1. The van der Waals surface area contributed by atoms with Crippen LogP contribution in [0.25, 0.3) is 10.9 Å². The van der Waals surface area contributed by atoms with E-state index in [2.05, 4.69) is 9.88 Å². The molecule has 20 heavy (non-hydrogen) atoms. The minimum absolute atomic E-state index is 0.241. The third-order valence-electron chi connectivity index (χ3n) is 3.18. The van der Waals surface area contributed by atoms with Gasteiger partial charge < -0.3 is 14.9 Å². The molecule has 0 amide bonds. The molecule has 2 aromatic rings. The second-order valence-electron chi connectivity index (χ2n) is 5.08. The number of aromatic carboxylic acids is 1. The number of hydrogen-bond donors (Lipinski definition) is 1. The van der Waals surface area contributed by atoms with Crippen molar-refractivity contribution in [3.8, 4) is 0 Å².